The van der Waals surface area contributed by atoms with Crippen LogP contribution in [0, 0.1) is 60.4 Å². The Bertz CT molecular complexity index is 1110. The minimum absolute atomic E-state index is 0.0370. The Morgan fingerprint density at radius 2 is 1.24 bits per heavy atom. The number of hydrazone groups is 1. The molecule has 0 radical (unpaired) electrons. The van der Waals surface area contributed by atoms with Crippen LogP contribution in [0.4, 0.5) is 0 Å². The molecule has 1 heterocycles. The number of hydroxylamine groups is 2. The van der Waals surface area contributed by atoms with Gasteiger partial charge in [-0.3, -0.25) is 9.83 Å². The predicted octanol–water partition coefficient (Wildman–Crippen LogP) is 7.35. The predicted molar refractivity (Wildman–Crippen MR) is 167 cm³/mol. The van der Waals surface area contributed by atoms with Crippen LogP contribution in [0.2, 0.25) is 0 Å². The molecule has 7 aliphatic rings. The number of nitro groups is 1. The highest BCUT2D eigenvalue weighted by Gasteiger charge is 2.78. The Morgan fingerprint density at radius 3 is 1.46 bits per heavy atom. The molecule has 234 valence electrons. The van der Waals surface area contributed by atoms with Gasteiger partial charge < -0.3 is 5.73 Å². The van der Waals surface area contributed by atoms with E-state index >= 15 is 0 Å². The van der Waals surface area contributed by atoms with E-state index in [9.17, 15) is 10.1 Å². The summed E-state index contributed by atoms with van der Waals surface area (Å²) in [5.74, 6) is 2.37. The lowest BCUT2D eigenvalue weighted by Crippen LogP contribution is -2.40. The van der Waals surface area contributed by atoms with Gasteiger partial charge in [-0.1, -0.05) is 62.3 Å². The van der Waals surface area contributed by atoms with E-state index in [0.29, 0.717) is 27.6 Å². The van der Waals surface area contributed by atoms with Crippen molar-refractivity contribution in [2.45, 2.75) is 126 Å². The lowest BCUT2D eigenvalue weighted by molar-refractivity contribution is -0.485. The minimum atomic E-state index is -0.544. The summed E-state index contributed by atoms with van der Waals surface area (Å²) in [7, 11) is 5.54. The van der Waals surface area contributed by atoms with E-state index < -0.39 is 5.03 Å². The highest BCUT2D eigenvalue weighted by atomic mass is 16.9. The first-order valence-electron chi connectivity index (χ1n) is 16.0. The van der Waals surface area contributed by atoms with Crippen LogP contribution in [0.3, 0.4) is 0 Å². The molecule has 6 aliphatic carbocycles. The lowest BCUT2D eigenvalue weighted by atomic mass is 9.68. The average Bonchev–Trinajstić information content (AvgIpc) is 2.98. The first kappa shape index (κ1) is 32.5. The standard InChI is InChI=1S/C11H19NO.C11H19N.C10H16N2O2.CH5N/c1-9(2)8-5-6-10(9,3)11(7-8)12(4)13-11;1-10(2)8-5-6-11(10,3)9(7-8)12-4;1-9(2)7-4-5-10(9,3)8(6-7)11-12(13)14;1-2/h8H,5-7H2,1-4H3;8H,5-7H2,1-4H3;7H,4-6H2,1-3H3;2H2,1H3/b;;11-8+;. The number of nitrogens with two attached hydrogens (primary N) is 1. The second-order valence-corrected chi connectivity index (χ2v) is 16.3. The Balaban J connectivity index is 0.000000138. The van der Waals surface area contributed by atoms with Gasteiger partial charge in [0.1, 0.15) is 0 Å². The average molecular weight is 574 g/mol. The molecule has 8 heteroatoms. The van der Waals surface area contributed by atoms with Gasteiger partial charge in [-0.05, 0) is 98.8 Å². The third kappa shape index (κ3) is 4.23. The van der Waals surface area contributed by atoms with Gasteiger partial charge in [0, 0.05) is 36.1 Å². The number of nitrogens with zero attached hydrogens (tertiary/aromatic N) is 4. The maximum atomic E-state index is 10.4. The Kier molecular flexibility index (Phi) is 8.00. The fourth-order valence-electron chi connectivity index (χ4n) is 10.5. The molecule has 1 spiro atoms. The molecule has 7 rings (SSSR count). The molecule has 0 amide bonds. The van der Waals surface area contributed by atoms with Gasteiger partial charge in [-0.25, -0.2) is 10.1 Å². The molecule has 0 aromatic rings. The number of hydrogen-bond donors (Lipinski definition) is 1. The van der Waals surface area contributed by atoms with Crippen molar-refractivity contribution in [1.82, 2.24) is 5.06 Å². The van der Waals surface area contributed by atoms with Crippen LogP contribution >= 0.6 is 0 Å². The molecular formula is C33H59N5O3. The summed E-state index contributed by atoms with van der Waals surface area (Å²) >= 11 is 0. The molecule has 1 saturated heterocycles. The smallest absolute Gasteiger partial charge is 0.190 e. The summed E-state index contributed by atoms with van der Waals surface area (Å²) in [6, 6.07) is 0. The number of aliphatic imine (C=N–C) groups is 1. The molecule has 6 bridgehead atoms. The van der Waals surface area contributed by atoms with Crippen LogP contribution in [0.1, 0.15) is 120 Å². The van der Waals surface area contributed by atoms with Crippen LogP contribution in [0.15, 0.2) is 10.1 Å². The maximum absolute atomic E-state index is 10.4. The van der Waals surface area contributed by atoms with Crippen molar-refractivity contribution < 1.29 is 9.87 Å². The monoisotopic (exact) mass is 573 g/mol. The summed E-state index contributed by atoms with van der Waals surface area (Å²) in [5, 5.41) is 15.5. The van der Waals surface area contributed by atoms with E-state index in [1.165, 1.54) is 57.7 Å². The van der Waals surface area contributed by atoms with Gasteiger partial charge in [0.2, 0.25) is 0 Å². The molecule has 8 unspecified atom stereocenters. The van der Waals surface area contributed by atoms with Gasteiger partial charge in [0.15, 0.2) is 10.8 Å². The Morgan fingerprint density at radius 1 is 0.805 bits per heavy atom. The number of fused-ring (bicyclic) bond motifs is 7. The van der Waals surface area contributed by atoms with Crippen LogP contribution in [-0.4, -0.2) is 48.4 Å². The van der Waals surface area contributed by atoms with E-state index in [1.807, 2.05) is 7.05 Å². The molecule has 8 nitrogen and oxygen atoms in total. The van der Waals surface area contributed by atoms with E-state index in [4.69, 9.17) is 4.84 Å². The summed E-state index contributed by atoms with van der Waals surface area (Å²) in [5.41, 5.74) is 8.84. The second kappa shape index (κ2) is 10.1. The quantitative estimate of drug-likeness (QED) is 0.200. The van der Waals surface area contributed by atoms with Crippen molar-refractivity contribution in [3.05, 3.63) is 10.1 Å². The molecular weight excluding hydrogens is 514 g/mol. The summed E-state index contributed by atoms with van der Waals surface area (Å²) < 4.78 is 0. The highest BCUT2D eigenvalue weighted by molar-refractivity contribution is 5.94. The van der Waals surface area contributed by atoms with E-state index in [-0.39, 0.29) is 16.6 Å². The van der Waals surface area contributed by atoms with Gasteiger partial charge in [0.25, 0.3) is 0 Å². The molecule has 41 heavy (non-hydrogen) atoms. The zero-order valence-electron chi connectivity index (χ0n) is 28.2. The van der Waals surface area contributed by atoms with Gasteiger partial charge in [0.05, 0.1) is 10.8 Å². The highest BCUT2D eigenvalue weighted by Crippen LogP contribution is 2.75. The third-order valence-corrected chi connectivity index (χ3v) is 15.1. The van der Waals surface area contributed by atoms with E-state index in [1.54, 1.807) is 0 Å². The summed E-state index contributed by atoms with van der Waals surface area (Å²) in [6.07, 6.45) is 11.1. The van der Waals surface area contributed by atoms with Crippen molar-refractivity contribution in [2.75, 3.05) is 21.1 Å². The Hall–Kier alpha value is -1.38. The van der Waals surface area contributed by atoms with Crippen molar-refractivity contribution in [1.29, 1.82) is 0 Å². The zero-order valence-corrected chi connectivity index (χ0v) is 28.2. The van der Waals surface area contributed by atoms with Crippen LogP contribution in [0.25, 0.3) is 0 Å². The molecule has 6 saturated carbocycles. The van der Waals surface area contributed by atoms with Crippen molar-refractivity contribution >= 4 is 11.4 Å². The molecule has 0 aromatic carbocycles. The van der Waals surface area contributed by atoms with Crippen LogP contribution < -0.4 is 5.73 Å². The third-order valence-electron chi connectivity index (χ3n) is 15.1. The SMILES string of the molecule is CC12CCC(C/C1=N\[N+](=O)[O-])C2(C)C.CN.CN1OC12CC1CCC2(C)C1(C)C.CN=C1CC2CCC1(C)C2(C)C. The second-order valence-electron chi connectivity index (χ2n) is 16.3. The minimum Gasteiger partial charge on any atom is -0.333 e. The molecule has 1 aliphatic heterocycles. The van der Waals surface area contributed by atoms with Gasteiger partial charge in [-0.15, -0.1) is 0 Å². The van der Waals surface area contributed by atoms with E-state index in [2.05, 4.69) is 90.3 Å². The maximum Gasteiger partial charge on any atom is 0.190 e. The lowest BCUT2D eigenvalue weighted by Gasteiger charge is -2.36. The van der Waals surface area contributed by atoms with Crippen LogP contribution in [-0.2, 0) is 4.84 Å². The zero-order chi connectivity index (χ0) is 31.0. The first-order chi connectivity index (χ1) is 18.8. The largest absolute Gasteiger partial charge is 0.333 e. The van der Waals surface area contributed by atoms with Crippen molar-refractivity contribution in [3.63, 3.8) is 0 Å². The molecule has 8 atom stereocenters. The summed E-state index contributed by atoms with van der Waals surface area (Å²) in [6.45, 7) is 21.1. The first-order valence-corrected chi connectivity index (χ1v) is 16.0. The topological polar surface area (TPSA) is 109 Å². The van der Waals surface area contributed by atoms with Gasteiger partial charge in [-0.2, -0.15) is 5.06 Å². The van der Waals surface area contributed by atoms with Crippen molar-refractivity contribution in [2.24, 2.45) is 66.1 Å². The van der Waals surface area contributed by atoms with E-state index in [0.717, 1.165) is 30.4 Å². The molecule has 7 fully saturated rings. The molecule has 0 aromatic heterocycles. The fraction of sp³-hybridized carbons (Fsp3) is 0.939. The summed E-state index contributed by atoms with van der Waals surface area (Å²) in [4.78, 5) is 20.6. The number of hydrogen-bond acceptors (Lipinski definition) is 6. The normalized spacial score (nSPS) is 47.9. The van der Waals surface area contributed by atoms with Crippen LogP contribution in [0.5, 0.6) is 0 Å². The molecule has 2 N–H and O–H groups in total. The van der Waals surface area contributed by atoms with Crippen molar-refractivity contribution in [3.8, 4) is 0 Å². The Labute approximate surface area is 249 Å². The van der Waals surface area contributed by atoms with Gasteiger partial charge >= 0.3 is 0 Å². The number of rotatable bonds is 1. The fourth-order valence-corrected chi connectivity index (χ4v) is 10.5.